The highest BCUT2D eigenvalue weighted by molar-refractivity contribution is 9.10. The molecule has 0 spiro atoms. The minimum Gasteiger partial charge on any atom is -0.381 e. The third-order valence-electron chi connectivity index (χ3n) is 2.61. The Hall–Kier alpha value is -0.650. The van der Waals surface area contributed by atoms with Crippen molar-refractivity contribution in [1.82, 2.24) is 4.98 Å². The molecule has 94 valence electrons. The fraction of sp³-hybridized carbons (Fsp3) is 0.583. The smallest absolute Gasteiger partial charge is 0.0809 e. The zero-order valence-corrected chi connectivity index (χ0v) is 11.3. The van der Waals surface area contributed by atoms with Crippen molar-refractivity contribution in [3.05, 3.63) is 22.9 Å². The first-order chi connectivity index (χ1) is 8.34. The van der Waals surface area contributed by atoms with E-state index in [0.717, 1.165) is 36.2 Å². The van der Waals surface area contributed by atoms with Crippen LogP contribution < -0.4 is 5.32 Å². The summed E-state index contributed by atoms with van der Waals surface area (Å²) in [6, 6.07) is 1.99. The maximum absolute atomic E-state index is 5.55. The first-order valence-corrected chi connectivity index (χ1v) is 6.67. The van der Waals surface area contributed by atoms with Gasteiger partial charge >= 0.3 is 0 Å². The van der Waals surface area contributed by atoms with Crippen molar-refractivity contribution in [1.29, 1.82) is 0 Å². The van der Waals surface area contributed by atoms with Gasteiger partial charge in [0.2, 0.25) is 0 Å². The fourth-order valence-corrected chi connectivity index (χ4v) is 2.13. The topological polar surface area (TPSA) is 43.4 Å². The Morgan fingerprint density at radius 1 is 1.53 bits per heavy atom. The molecule has 0 radical (unpaired) electrons. The van der Waals surface area contributed by atoms with E-state index in [1.807, 2.05) is 6.07 Å². The number of nitrogens with one attached hydrogen (secondary N) is 1. The van der Waals surface area contributed by atoms with Crippen molar-refractivity contribution >= 4 is 21.6 Å². The Balaban J connectivity index is 1.56. The summed E-state index contributed by atoms with van der Waals surface area (Å²) in [5.41, 5.74) is 1.00. The average molecular weight is 301 g/mol. The van der Waals surface area contributed by atoms with E-state index in [-0.39, 0.29) is 0 Å². The summed E-state index contributed by atoms with van der Waals surface area (Å²) in [6.07, 6.45) is 6.16. The number of hydrogen-bond donors (Lipinski definition) is 1. The molecule has 1 aliphatic heterocycles. The van der Waals surface area contributed by atoms with Gasteiger partial charge in [-0.1, -0.05) is 0 Å². The van der Waals surface area contributed by atoms with Crippen LogP contribution in [0.15, 0.2) is 22.9 Å². The van der Waals surface area contributed by atoms with Crippen LogP contribution >= 0.6 is 15.9 Å². The van der Waals surface area contributed by atoms with Crippen molar-refractivity contribution in [2.45, 2.75) is 18.9 Å². The van der Waals surface area contributed by atoms with E-state index in [1.165, 1.54) is 0 Å². The second-order valence-electron chi connectivity index (χ2n) is 4.03. The molecule has 2 rings (SSSR count). The molecule has 1 aromatic heterocycles. The van der Waals surface area contributed by atoms with Gasteiger partial charge in [-0.2, -0.15) is 0 Å². The molecule has 1 aromatic rings. The molecule has 5 heteroatoms. The number of aromatic nitrogens is 1. The minimum absolute atomic E-state index is 0.308. The molecule has 0 saturated carbocycles. The van der Waals surface area contributed by atoms with Crippen LogP contribution in [-0.2, 0) is 9.47 Å². The van der Waals surface area contributed by atoms with E-state index >= 15 is 0 Å². The van der Waals surface area contributed by atoms with E-state index in [4.69, 9.17) is 9.47 Å². The van der Waals surface area contributed by atoms with E-state index in [2.05, 4.69) is 26.2 Å². The first-order valence-electron chi connectivity index (χ1n) is 5.88. The predicted octanol–water partition coefficient (Wildman–Crippen LogP) is 2.45. The Morgan fingerprint density at radius 3 is 3.24 bits per heavy atom. The molecular weight excluding hydrogens is 284 g/mol. The van der Waals surface area contributed by atoms with E-state index < -0.39 is 0 Å². The average Bonchev–Trinajstić information content (AvgIpc) is 2.82. The molecule has 17 heavy (non-hydrogen) atoms. The molecule has 0 bridgehead atoms. The van der Waals surface area contributed by atoms with Crippen LogP contribution in [0.4, 0.5) is 5.69 Å². The van der Waals surface area contributed by atoms with E-state index in [9.17, 15) is 0 Å². The number of pyridine rings is 1. The summed E-state index contributed by atoms with van der Waals surface area (Å²) < 4.78 is 12.0. The number of hydrogen-bond acceptors (Lipinski definition) is 4. The van der Waals surface area contributed by atoms with Crippen LogP contribution in [-0.4, -0.2) is 37.5 Å². The Bertz CT molecular complexity index is 343. The third kappa shape index (κ3) is 4.61. The van der Waals surface area contributed by atoms with Crippen molar-refractivity contribution in [3.8, 4) is 0 Å². The van der Waals surface area contributed by atoms with Gasteiger partial charge in [-0.05, 0) is 34.8 Å². The highest BCUT2D eigenvalue weighted by Crippen LogP contribution is 2.13. The second kappa shape index (κ2) is 6.93. The van der Waals surface area contributed by atoms with Crippen LogP contribution in [0, 0.1) is 0 Å². The summed E-state index contributed by atoms with van der Waals surface area (Å²) >= 11 is 3.38. The van der Waals surface area contributed by atoms with Crippen LogP contribution in [0.1, 0.15) is 12.8 Å². The third-order valence-corrected chi connectivity index (χ3v) is 3.04. The van der Waals surface area contributed by atoms with Gasteiger partial charge in [-0.15, -0.1) is 0 Å². The van der Waals surface area contributed by atoms with Crippen molar-refractivity contribution in [2.24, 2.45) is 0 Å². The van der Waals surface area contributed by atoms with Crippen molar-refractivity contribution < 1.29 is 9.47 Å². The molecule has 1 atom stereocenters. The molecule has 4 nitrogen and oxygen atoms in total. The van der Waals surface area contributed by atoms with Crippen LogP contribution in [0.25, 0.3) is 0 Å². The minimum atomic E-state index is 0.308. The number of anilines is 1. The van der Waals surface area contributed by atoms with Gasteiger partial charge in [0.05, 0.1) is 31.2 Å². The number of rotatable bonds is 6. The van der Waals surface area contributed by atoms with Gasteiger partial charge < -0.3 is 14.8 Å². The number of ether oxygens (including phenoxy) is 2. The highest BCUT2D eigenvalue weighted by atomic mass is 79.9. The van der Waals surface area contributed by atoms with Crippen LogP contribution in [0.2, 0.25) is 0 Å². The van der Waals surface area contributed by atoms with Gasteiger partial charge in [0, 0.05) is 23.8 Å². The van der Waals surface area contributed by atoms with Gasteiger partial charge in [-0.25, -0.2) is 0 Å². The van der Waals surface area contributed by atoms with Crippen molar-refractivity contribution in [3.63, 3.8) is 0 Å². The molecule has 0 amide bonds. The van der Waals surface area contributed by atoms with Gasteiger partial charge in [0.25, 0.3) is 0 Å². The quantitative estimate of drug-likeness (QED) is 0.820. The zero-order chi connectivity index (χ0) is 11.9. The number of halogens is 1. The fourth-order valence-electron chi connectivity index (χ4n) is 1.77. The first kappa shape index (κ1) is 12.8. The largest absolute Gasteiger partial charge is 0.381 e. The monoisotopic (exact) mass is 300 g/mol. The lowest BCUT2D eigenvalue weighted by atomic mass is 10.2. The molecule has 0 aromatic carbocycles. The molecule has 1 saturated heterocycles. The van der Waals surface area contributed by atoms with Crippen LogP contribution in [0.5, 0.6) is 0 Å². The maximum atomic E-state index is 5.55. The highest BCUT2D eigenvalue weighted by Gasteiger charge is 2.14. The molecule has 1 aliphatic rings. The Labute approximate surface area is 110 Å². The van der Waals surface area contributed by atoms with Gasteiger partial charge in [0.1, 0.15) is 0 Å². The molecule has 0 aliphatic carbocycles. The SMILES string of the molecule is Brc1cncc(NCCOCC2CCCO2)c1. The Morgan fingerprint density at radius 2 is 2.47 bits per heavy atom. The normalized spacial score (nSPS) is 19.5. The lowest BCUT2D eigenvalue weighted by molar-refractivity contribution is 0.0206. The second-order valence-corrected chi connectivity index (χ2v) is 4.94. The summed E-state index contributed by atoms with van der Waals surface area (Å²) in [5.74, 6) is 0. The van der Waals surface area contributed by atoms with Crippen molar-refractivity contribution in [2.75, 3.05) is 31.7 Å². The summed E-state index contributed by atoms with van der Waals surface area (Å²) in [4.78, 5) is 4.08. The molecule has 2 heterocycles. The lowest BCUT2D eigenvalue weighted by Crippen LogP contribution is -2.17. The van der Waals surface area contributed by atoms with Gasteiger partial charge in [0.15, 0.2) is 0 Å². The molecular formula is C12H17BrN2O2. The van der Waals surface area contributed by atoms with Gasteiger partial charge in [-0.3, -0.25) is 4.98 Å². The summed E-state index contributed by atoms with van der Waals surface area (Å²) in [5, 5.41) is 3.25. The zero-order valence-electron chi connectivity index (χ0n) is 9.69. The van der Waals surface area contributed by atoms with E-state index in [1.54, 1.807) is 12.4 Å². The predicted molar refractivity (Wildman–Crippen MR) is 70.2 cm³/mol. The Kier molecular flexibility index (Phi) is 5.22. The van der Waals surface area contributed by atoms with Crippen LogP contribution in [0.3, 0.4) is 0 Å². The summed E-state index contributed by atoms with van der Waals surface area (Å²) in [7, 11) is 0. The maximum Gasteiger partial charge on any atom is 0.0809 e. The summed E-state index contributed by atoms with van der Waals surface area (Å²) in [6.45, 7) is 3.06. The molecule has 1 N–H and O–H groups in total. The lowest BCUT2D eigenvalue weighted by Gasteiger charge is -2.11. The standard InChI is InChI=1S/C12H17BrN2O2/c13-10-6-11(8-14-7-10)15-3-5-16-9-12-2-1-4-17-12/h6-8,12,15H,1-5,9H2. The number of nitrogens with zero attached hydrogens (tertiary/aromatic N) is 1. The molecule has 1 fully saturated rings. The van der Waals surface area contributed by atoms with E-state index in [0.29, 0.717) is 19.3 Å². The molecule has 1 unspecified atom stereocenters.